The molecule has 3 rings (SSSR count). The highest BCUT2D eigenvalue weighted by atomic mass is 127. The lowest BCUT2D eigenvalue weighted by Gasteiger charge is -2.43. The molecule has 0 aromatic rings. The molecule has 0 radical (unpaired) electrons. The summed E-state index contributed by atoms with van der Waals surface area (Å²) in [4.78, 5) is 11.2. The molecule has 3 atom stereocenters. The van der Waals surface area contributed by atoms with Crippen LogP contribution in [0.2, 0.25) is 0 Å². The topological polar surface area (TPSA) is 29.1 Å². The van der Waals surface area contributed by atoms with Gasteiger partial charge < -0.3 is 5.32 Å². The molecule has 0 spiro atoms. The van der Waals surface area contributed by atoms with Crippen LogP contribution in [0.25, 0.3) is 0 Å². The van der Waals surface area contributed by atoms with E-state index in [-0.39, 0.29) is 9.83 Å². The van der Waals surface area contributed by atoms with Crippen molar-refractivity contribution in [3.8, 4) is 0 Å². The average Bonchev–Trinajstić information content (AvgIpc) is 2.04. The van der Waals surface area contributed by atoms with E-state index in [0.29, 0.717) is 12.0 Å². The quantitative estimate of drug-likeness (QED) is 0.448. The number of hydrogen-bond donors (Lipinski definition) is 1. The van der Waals surface area contributed by atoms with Crippen molar-refractivity contribution in [3.05, 3.63) is 12.2 Å². The molecule has 0 aromatic heterocycles. The van der Waals surface area contributed by atoms with Gasteiger partial charge in [-0.05, 0) is 19.3 Å². The Morgan fingerprint density at radius 3 is 2.75 bits per heavy atom. The van der Waals surface area contributed by atoms with Crippen LogP contribution in [-0.4, -0.2) is 15.9 Å². The minimum Gasteiger partial charge on any atom is -0.303 e. The Labute approximate surface area is 85.9 Å². The molecule has 66 valence electrons. The minimum atomic E-state index is 0.0607. The fourth-order valence-electron chi connectivity index (χ4n) is 2.29. The molecule has 2 bridgehead atoms. The number of halogens is 1. The van der Waals surface area contributed by atoms with E-state index in [1.54, 1.807) is 0 Å². The summed E-state index contributed by atoms with van der Waals surface area (Å²) in [5, 5.41) is 3.36. The van der Waals surface area contributed by atoms with Gasteiger partial charge in [0.15, 0.2) is 0 Å². The highest BCUT2D eigenvalue weighted by molar-refractivity contribution is 14.1. The highest BCUT2D eigenvalue weighted by Crippen LogP contribution is 2.37. The number of carbonyl (C=O) groups excluding carboxylic acids is 1. The first-order valence-electron chi connectivity index (χ1n) is 4.31. The minimum absolute atomic E-state index is 0.0607. The Bertz CT molecular complexity index is 239. The lowest BCUT2D eigenvalue weighted by atomic mass is 9.74. The predicted octanol–water partition coefficient (Wildman–Crippen LogP) is 1.64. The summed E-state index contributed by atoms with van der Waals surface area (Å²) in [5.74, 6) is 0.416. The van der Waals surface area contributed by atoms with Crippen LogP contribution in [0.4, 0.5) is 0 Å². The maximum absolute atomic E-state index is 11.2. The Kier molecular flexibility index (Phi) is 2.25. The van der Waals surface area contributed by atoms with Gasteiger partial charge in [-0.1, -0.05) is 12.2 Å². The van der Waals surface area contributed by atoms with Crippen molar-refractivity contribution in [3.63, 3.8) is 0 Å². The molecule has 0 aromatic carbocycles. The molecule has 3 fully saturated rings. The molecule has 2 aliphatic heterocycles. The van der Waals surface area contributed by atoms with E-state index >= 15 is 0 Å². The summed E-state index contributed by atoms with van der Waals surface area (Å²) in [5.41, 5.74) is 1.28. The number of rotatable bonds is 1. The van der Waals surface area contributed by atoms with Crippen molar-refractivity contribution < 1.29 is 4.79 Å². The normalized spacial score (nSPS) is 40.1. The van der Waals surface area contributed by atoms with Crippen LogP contribution < -0.4 is 5.32 Å². The Balaban J connectivity index is 2.19. The van der Waals surface area contributed by atoms with Gasteiger partial charge in [-0.3, -0.25) is 4.79 Å². The van der Waals surface area contributed by atoms with Crippen LogP contribution in [0.15, 0.2) is 12.2 Å². The number of fused-ring (bicyclic) bond motifs is 3. The molecule has 1 aliphatic carbocycles. The van der Waals surface area contributed by atoms with Gasteiger partial charge in [-0.25, -0.2) is 0 Å². The van der Waals surface area contributed by atoms with Crippen molar-refractivity contribution in [2.75, 3.05) is 0 Å². The zero-order valence-electron chi connectivity index (χ0n) is 6.85. The SMILES string of the molecule is C=C1CC2CC[C@H]1[C@@H](C(=O)I)N2. The van der Waals surface area contributed by atoms with E-state index < -0.39 is 0 Å². The molecule has 12 heavy (non-hydrogen) atoms. The molecule has 2 nitrogen and oxygen atoms in total. The second kappa shape index (κ2) is 3.10. The van der Waals surface area contributed by atoms with Gasteiger partial charge in [-0.15, -0.1) is 0 Å². The van der Waals surface area contributed by atoms with Gasteiger partial charge in [0.1, 0.15) is 0 Å². The van der Waals surface area contributed by atoms with Crippen LogP contribution in [0.3, 0.4) is 0 Å². The largest absolute Gasteiger partial charge is 0.303 e. The fourth-order valence-corrected chi connectivity index (χ4v) is 2.91. The van der Waals surface area contributed by atoms with Gasteiger partial charge in [0.2, 0.25) is 3.79 Å². The number of hydrogen-bond acceptors (Lipinski definition) is 2. The van der Waals surface area contributed by atoms with Crippen LogP contribution in [0.1, 0.15) is 19.3 Å². The molecular formula is C9H12INO. The van der Waals surface area contributed by atoms with Crippen molar-refractivity contribution >= 4 is 26.4 Å². The van der Waals surface area contributed by atoms with Crippen LogP contribution in [0.5, 0.6) is 0 Å². The number of nitrogens with one attached hydrogen (secondary N) is 1. The molecule has 1 unspecified atom stereocenters. The number of carbonyl (C=O) groups is 1. The Morgan fingerprint density at radius 2 is 2.33 bits per heavy atom. The summed E-state index contributed by atoms with van der Waals surface area (Å²) < 4.78 is 0.239. The summed E-state index contributed by atoms with van der Waals surface area (Å²) in [6, 6.07) is 0.580. The Hall–Kier alpha value is 0.1000. The van der Waals surface area contributed by atoms with E-state index in [0.717, 1.165) is 12.8 Å². The van der Waals surface area contributed by atoms with Crippen molar-refractivity contribution in [1.29, 1.82) is 0 Å². The third-order valence-corrected chi connectivity index (χ3v) is 3.59. The first-order valence-corrected chi connectivity index (χ1v) is 5.39. The van der Waals surface area contributed by atoms with Gasteiger partial charge in [0.05, 0.1) is 6.04 Å². The van der Waals surface area contributed by atoms with Gasteiger partial charge in [0.25, 0.3) is 0 Å². The van der Waals surface area contributed by atoms with Crippen LogP contribution >= 0.6 is 22.6 Å². The summed E-state index contributed by atoms with van der Waals surface area (Å²) in [7, 11) is 0. The molecule has 2 heterocycles. The first-order chi connectivity index (χ1) is 5.68. The van der Waals surface area contributed by atoms with Gasteiger partial charge >= 0.3 is 0 Å². The second-order valence-corrected chi connectivity index (χ2v) is 4.75. The second-order valence-electron chi connectivity index (χ2n) is 3.69. The van der Waals surface area contributed by atoms with E-state index in [1.807, 2.05) is 22.6 Å². The fraction of sp³-hybridized carbons (Fsp3) is 0.667. The van der Waals surface area contributed by atoms with E-state index in [9.17, 15) is 4.79 Å². The zero-order valence-corrected chi connectivity index (χ0v) is 9.00. The molecular weight excluding hydrogens is 265 g/mol. The third kappa shape index (κ3) is 1.33. The van der Waals surface area contributed by atoms with Gasteiger partial charge in [0, 0.05) is 34.6 Å². The molecule has 1 N–H and O–H groups in total. The highest BCUT2D eigenvalue weighted by Gasteiger charge is 2.39. The van der Waals surface area contributed by atoms with Crippen molar-refractivity contribution in [2.45, 2.75) is 31.3 Å². The standard InChI is InChI=1S/C9H12INO/c1-5-4-6-2-3-7(5)8(11-6)9(10)12/h6-8,11H,1-4H2/t6?,7-,8+/m1/s1. The lowest BCUT2D eigenvalue weighted by molar-refractivity contribution is -0.113. The molecule has 3 heteroatoms. The molecule has 1 saturated carbocycles. The molecule has 3 aliphatic rings. The molecule has 2 saturated heterocycles. The van der Waals surface area contributed by atoms with Crippen LogP contribution in [-0.2, 0) is 4.79 Å². The average molecular weight is 277 g/mol. The van der Waals surface area contributed by atoms with E-state index in [1.165, 1.54) is 12.0 Å². The number of piperidine rings is 2. The summed E-state index contributed by atoms with van der Waals surface area (Å²) in [6.07, 6.45) is 3.44. The van der Waals surface area contributed by atoms with Crippen molar-refractivity contribution in [2.24, 2.45) is 5.92 Å². The summed E-state index contributed by atoms with van der Waals surface area (Å²) in [6.45, 7) is 4.03. The smallest absolute Gasteiger partial charge is 0.209 e. The third-order valence-electron chi connectivity index (χ3n) is 2.92. The predicted molar refractivity (Wildman–Crippen MR) is 56.2 cm³/mol. The van der Waals surface area contributed by atoms with Gasteiger partial charge in [-0.2, -0.15) is 0 Å². The maximum Gasteiger partial charge on any atom is 0.209 e. The van der Waals surface area contributed by atoms with E-state index in [2.05, 4.69) is 11.9 Å². The summed E-state index contributed by atoms with van der Waals surface area (Å²) >= 11 is 1.89. The molecule has 0 amide bonds. The lowest BCUT2D eigenvalue weighted by Crippen LogP contribution is -2.55. The Morgan fingerprint density at radius 1 is 1.58 bits per heavy atom. The van der Waals surface area contributed by atoms with Crippen molar-refractivity contribution in [1.82, 2.24) is 5.32 Å². The maximum atomic E-state index is 11.2. The zero-order chi connectivity index (χ0) is 8.72. The van der Waals surface area contributed by atoms with Crippen LogP contribution in [0, 0.1) is 5.92 Å². The van der Waals surface area contributed by atoms with E-state index in [4.69, 9.17) is 0 Å². The monoisotopic (exact) mass is 277 g/mol. The first kappa shape index (κ1) is 8.69.